The molecule has 1 aliphatic carbocycles. The molecule has 0 unspecified atom stereocenters. The summed E-state index contributed by atoms with van der Waals surface area (Å²) >= 11 is 0. The molecule has 0 aliphatic heterocycles. The lowest BCUT2D eigenvalue weighted by atomic mass is 9.76. The molecule has 1 saturated carbocycles. The first kappa shape index (κ1) is 12.6. The van der Waals surface area contributed by atoms with E-state index in [1.807, 2.05) is 6.92 Å². The van der Waals surface area contributed by atoms with Crippen LogP contribution in [-0.2, 0) is 18.3 Å². The SMILES string of the molecule is CCc1nn(C)cc1C(=O)NC1(C(=O)O)CCC1. The third-order valence-corrected chi connectivity index (χ3v) is 3.45. The zero-order valence-corrected chi connectivity index (χ0v) is 10.6. The van der Waals surface area contributed by atoms with Crippen molar-refractivity contribution in [3.05, 3.63) is 17.5 Å². The zero-order chi connectivity index (χ0) is 13.3. The molecule has 6 nitrogen and oxygen atoms in total. The zero-order valence-electron chi connectivity index (χ0n) is 10.6. The number of nitrogens with one attached hydrogen (secondary N) is 1. The second kappa shape index (κ2) is 4.44. The molecule has 18 heavy (non-hydrogen) atoms. The second-order valence-corrected chi connectivity index (χ2v) is 4.71. The third-order valence-electron chi connectivity index (χ3n) is 3.45. The molecule has 1 aromatic rings. The molecule has 1 fully saturated rings. The average Bonchev–Trinajstić information content (AvgIpc) is 2.64. The summed E-state index contributed by atoms with van der Waals surface area (Å²) < 4.78 is 1.57. The van der Waals surface area contributed by atoms with E-state index < -0.39 is 11.5 Å². The summed E-state index contributed by atoms with van der Waals surface area (Å²) in [6, 6.07) is 0. The van der Waals surface area contributed by atoms with Gasteiger partial charge in [0.2, 0.25) is 0 Å². The van der Waals surface area contributed by atoms with Crippen molar-refractivity contribution in [2.75, 3.05) is 0 Å². The molecule has 1 aromatic heterocycles. The maximum Gasteiger partial charge on any atom is 0.329 e. The summed E-state index contributed by atoms with van der Waals surface area (Å²) in [5.41, 5.74) is 0.0835. The number of hydrogen-bond donors (Lipinski definition) is 2. The van der Waals surface area contributed by atoms with Gasteiger partial charge in [0.25, 0.3) is 5.91 Å². The van der Waals surface area contributed by atoms with Crippen molar-refractivity contribution in [1.29, 1.82) is 0 Å². The van der Waals surface area contributed by atoms with Crippen LogP contribution in [0.15, 0.2) is 6.20 Å². The molecule has 6 heteroatoms. The highest BCUT2D eigenvalue weighted by Crippen LogP contribution is 2.32. The number of carbonyl (C=O) groups is 2. The van der Waals surface area contributed by atoms with Gasteiger partial charge in [-0.3, -0.25) is 9.48 Å². The van der Waals surface area contributed by atoms with Crippen molar-refractivity contribution in [3.63, 3.8) is 0 Å². The van der Waals surface area contributed by atoms with Crippen molar-refractivity contribution in [2.45, 2.75) is 38.1 Å². The van der Waals surface area contributed by atoms with Crippen LogP contribution in [0.1, 0.15) is 42.2 Å². The van der Waals surface area contributed by atoms with Gasteiger partial charge in [-0.15, -0.1) is 0 Å². The van der Waals surface area contributed by atoms with Crippen LogP contribution in [0.25, 0.3) is 0 Å². The molecule has 0 radical (unpaired) electrons. The van der Waals surface area contributed by atoms with E-state index in [0.717, 1.165) is 6.42 Å². The first-order valence-corrected chi connectivity index (χ1v) is 6.07. The lowest BCUT2D eigenvalue weighted by Crippen LogP contribution is -2.59. The van der Waals surface area contributed by atoms with Gasteiger partial charge in [-0.2, -0.15) is 5.10 Å². The highest BCUT2D eigenvalue weighted by atomic mass is 16.4. The molecule has 2 rings (SSSR count). The predicted molar refractivity (Wildman–Crippen MR) is 64.3 cm³/mol. The molecule has 0 bridgehead atoms. The number of hydrogen-bond acceptors (Lipinski definition) is 3. The molecule has 98 valence electrons. The fourth-order valence-corrected chi connectivity index (χ4v) is 2.19. The van der Waals surface area contributed by atoms with E-state index >= 15 is 0 Å². The van der Waals surface area contributed by atoms with E-state index in [-0.39, 0.29) is 5.91 Å². The monoisotopic (exact) mass is 251 g/mol. The van der Waals surface area contributed by atoms with E-state index in [0.29, 0.717) is 30.5 Å². The minimum absolute atomic E-state index is 0.345. The average molecular weight is 251 g/mol. The van der Waals surface area contributed by atoms with Crippen molar-refractivity contribution in [3.8, 4) is 0 Å². The second-order valence-electron chi connectivity index (χ2n) is 4.71. The Morgan fingerprint density at radius 3 is 2.67 bits per heavy atom. The minimum Gasteiger partial charge on any atom is -0.480 e. The molecular formula is C12H17N3O3. The van der Waals surface area contributed by atoms with Crippen LogP contribution in [0.2, 0.25) is 0 Å². The number of aliphatic carboxylic acids is 1. The topological polar surface area (TPSA) is 84.2 Å². The van der Waals surface area contributed by atoms with Crippen LogP contribution in [0, 0.1) is 0 Å². The molecule has 1 amide bonds. The number of amides is 1. The van der Waals surface area contributed by atoms with Gasteiger partial charge in [-0.25, -0.2) is 4.79 Å². The van der Waals surface area contributed by atoms with Crippen LogP contribution in [0.5, 0.6) is 0 Å². The van der Waals surface area contributed by atoms with Gasteiger partial charge < -0.3 is 10.4 Å². The van der Waals surface area contributed by atoms with Gasteiger partial charge in [0.05, 0.1) is 11.3 Å². The number of rotatable bonds is 4. The predicted octanol–water partition coefficient (Wildman–Crippen LogP) is 0.720. The molecule has 2 N–H and O–H groups in total. The largest absolute Gasteiger partial charge is 0.480 e. The van der Waals surface area contributed by atoms with E-state index in [2.05, 4.69) is 10.4 Å². The number of aryl methyl sites for hydroxylation is 2. The Bertz CT molecular complexity index is 489. The third kappa shape index (κ3) is 1.98. The fraction of sp³-hybridized carbons (Fsp3) is 0.583. The lowest BCUT2D eigenvalue weighted by molar-refractivity contribution is -0.148. The van der Waals surface area contributed by atoms with Crippen LogP contribution < -0.4 is 5.32 Å². The molecule has 1 aliphatic rings. The Morgan fingerprint density at radius 2 is 2.22 bits per heavy atom. The normalized spacial score (nSPS) is 17.0. The number of nitrogens with zero attached hydrogens (tertiary/aromatic N) is 2. The summed E-state index contributed by atoms with van der Waals surface area (Å²) in [5.74, 6) is -1.30. The summed E-state index contributed by atoms with van der Waals surface area (Å²) in [6.45, 7) is 1.91. The van der Waals surface area contributed by atoms with E-state index in [9.17, 15) is 14.7 Å². The first-order chi connectivity index (χ1) is 8.48. The van der Waals surface area contributed by atoms with Crippen molar-refractivity contribution < 1.29 is 14.7 Å². The van der Waals surface area contributed by atoms with Crippen LogP contribution in [0.4, 0.5) is 0 Å². The molecule has 0 atom stereocenters. The molecule has 0 saturated heterocycles. The Balaban J connectivity index is 2.19. The fourth-order valence-electron chi connectivity index (χ4n) is 2.19. The Hall–Kier alpha value is -1.85. The molecule has 1 heterocycles. The molecule has 0 aromatic carbocycles. The van der Waals surface area contributed by atoms with Crippen molar-refractivity contribution in [2.24, 2.45) is 7.05 Å². The van der Waals surface area contributed by atoms with Gasteiger partial charge >= 0.3 is 5.97 Å². The standard InChI is InChI=1S/C12H17N3O3/c1-3-9-8(7-15(2)14-9)10(16)13-12(11(17)18)5-4-6-12/h7H,3-6H2,1-2H3,(H,13,16)(H,17,18). The van der Waals surface area contributed by atoms with Crippen LogP contribution >= 0.6 is 0 Å². The van der Waals surface area contributed by atoms with E-state index in [1.165, 1.54) is 0 Å². The lowest BCUT2D eigenvalue weighted by Gasteiger charge is -2.38. The Labute approximate surface area is 105 Å². The van der Waals surface area contributed by atoms with Crippen LogP contribution in [0.3, 0.4) is 0 Å². The summed E-state index contributed by atoms with van der Waals surface area (Å²) in [6.07, 6.45) is 4.10. The van der Waals surface area contributed by atoms with Gasteiger partial charge in [0.1, 0.15) is 5.54 Å². The number of carboxylic acid groups (broad SMARTS) is 1. The highest BCUT2D eigenvalue weighted by Gasteiger charge is 2.46. The molecular weight excluding hydrogens is 234 g/mol. The van der Waals surface area contributed by atoms with Gasteiger partial charge in [-0.05, 0) is 25.7 Å². The smallest absolute Gasteiger partial charge is 0.329 e. The summed E-state index contributed by atoms with van der Waals surface area (Å²) in [5, 5.41) is 16.0. The Morgan fingerprint density at radius 1 is 1.56 bits per heavy atom. The van der Waals surface area contributed by atoms with E-state index in [1.54, 1.807) is 17.9 Å². The summed E-state index contributed by atoms with van der Waals surface area (Å²) in [7, 11) is 1.74. The highest BCUT2D eigenvalue weighted by molar-refractivity contribution is 5.98. The van der Waals surface area contributed by atoms with Crippen molar-refractivity contribution in [1.82, 2.24) is 15.1 Å². The summed E-state index contributed by atoms with van der Waals surface area (Å²) in [4.78, 5) is 23.3. The molecule has 0 spiro atoms. The van der Waals surface area contributed by atoms with Crippen molar-refractivity contribution >= 4 is 11.9 Å². The quantitative estimate of drug-likeness (QED) is 0.825. The van der Waals surface area contributed by atoms with Crippen LogP contribution in [-0.4, -0.2) is 32.3 Å². The minimum atomic E-state index is -1.07. The van der Waals surface area contributed by atoms with Gasteiger partial charge in [-0.1, -0.05) is 6.92 Å². The number of carbonyl (C=O) groups excluding carboxylic acids is 1. The first-order valence-electron chi connectivity index (χ1n) is 6.07. The number of aromatic nitrogens is 2. The van der Waals surface area contributed by atoms with Gasteiger partial charge in [0.15, 0.2) is 0 Å². The maximum absolute atomic E-state index is 12.1. The van der Waals surface area contributed by atoms with E-state index in [4.69, 9.17) is 0 Å². The number of carboxylic acids is 1. The van der Waals surface area contributed by atoms with Gasteiger partial charge in [0, 0.05) is 13.2 Å². The maximum atomic E-state index is 12.1. The Kier molecular flexibility index (Phi) is 3.11.